The molecule has 4 heteroatoms. The molecule has 0 aromatic carbocycles. The second kappa shape index (κ2) is 15.9. The highest BCUT2D eigenvalue weighted by Gasteiger charge is 1.94. The van der Waals surface area contributed by atoms with Crippen LogP contribution in [0.15, 0.2) is 0 Å². The summed E-state index contributed by atoms with van der Waals surface area (Å²) in [5.41, 5.74) is 0. The minimum Gasteiger partial charge on any atom is -0.382 e. The van der Waals surface area contributed by atoms with Crippen molar-refractivity contribution >= 4 is 0 Å². The van der Waals surface area contributed by atoms with Gasteiger partial charge >= 0.3 is 0 Å². The molecular formula is C15H33NO3. The molecule has 0 rings (SSSR count). The Hall–Kier alpha value is -0.160. The van der Waals surface area contributed by atoms with Gasteiger partial charge in [-0.05, 0) is 44.7 Å². The van der Waals surface area contributed by atoms with Gasteiger partial charge in [-0.2, -0.15) is 0 Å². The highest BCUT2D eigenvalue weighted by atomic mass is 16.5. The van der Waals surface area contributed by atoms with Gasteiger partial charge in [-0.25, -0.2) is 0 Å². The van der Waals surface area contributed by atoms with Crippen molar-refractivity contribution in [2.45, 2.75) is 39.5 Å². The first-order chi connectivity index (χ1) is 9.27. The van der Waals surface area contributed by atoms with E-state index in [2.05, 4.69) is 19.2 Å². The third kappa shape index (κ3) is 17.8. The summed E-state index contributed by atoms with van der Waals surface area (Å²) in [6.45, 7) is 10.5. The van der Waals surface area contributed by atoms with Gasteiger partial charge in [-0.3, -0.25) is 0 Å². The van der Waals surface area contributed by atoms with E-state index in [4.69, 9.17) is 14.2 Å². The van der Waals surface area contributed by atoms with E-state index in [0.717, 1.165) is 51.7 Å². The summed E-state index contributed by atoms with van der Waals surface area (Å²) in [7, 11) is 1.69. The van der Waals surface area contributed by atoms with Crippen molar-refractivity contribution in [1.29, 1.82) is 0 Å². The fraction of sp³-hybridized carbons (Fsp3) is 1.00. The quantitative estimate of drug-likeness (QED) is 0.466. The van der Waals surface area contributed by atoms with Crippen molar-refractivity contribution < 1.29 is 14.2 Å². The Labute approximate surface area is 119 Å². The van der Waals surface area contributed by atoms with Crippen LogP contribution in [0.3, 0.4) is 0 Å². The Kier molecular flexibility index (Phi) is 15.8. The van der Waals surface area contributed by atoms with Gasteiger partial charge in [0.25, 0.3) is 0 Å². The molecule has 0 atom stereocenters. The van der Waals surface area contributed by atoms with Gasteiger partial charge in [0.15, 0.2) is 0 Å². The molecule has 0 fully saturated rings. The van der Waals surface area contributed by atoms with E-state index in [1.54, 1.807) is 7.11 Å². The van der Waals surface area contributed by atoms with E-state index in [1.807, 2.05) is 0 Å². The highest BCUT2D eigenvalue weighted by molar-refractivity contribution is 4.51. The molecular weight excluding hydrogens is 242 g/mol. The van der Waals surface area contributed by atoms with Crippen LogP contribution in [0.4, 0.5) is 0 Å². The first-order valence-electron chi connectivity index (χ1n) is 7.62. The molecule has 0 aromatic rings. The number of methoxy groups -OCH3 is 1. The highest BCUT2D eigenvalue weighted by Crippen LogP contribution is 1.96. The molecule has 0 aliphatic rings. The third-order valence-corrected chi connectivity index (χ3v) is 2.70. The van der Waals surface area contributed by atoms with E-state index in [1.165, 1.54) is 12.8 Å². The molecule has 0 amide bonds. The van der Waals surface area contributed by atoms with Crippen molar-refractivity contribution in [2.75, 3.05) is 53.2 Å². The average molecular weight is 275 g/mol. The maximum Gasteiger partial charge on any atom is 0.0700 e. The van der Waals surface area contributed by atoms with Crippen molar-refractivity contribution in [3.8, 4) is 0 Å². The molecule has 19 heavy (non-hydrogen) atoms. The number of nitrogens with one attached hydrogen (secondary N) is 1. The van der Waals surface area contributed by atoms with E-state index in [-0.39, 0.29) is 0 Å². The van der Waals surface area contributed by atoms with Crippen LogP contribution in [0.1, 0.15) is 39.5 Å². The number of unbranched alkanes of at least 4 members (excludes halogenated alkanes) is 2. The second-order valence-electron chi connectivity index (χ2n) is 5.23. The SMILES string of the molecule is COCCOCCCOCCCCCNCC(C)C. The van der Waals surface area contributed by atoms with Gasteiger partial charge < -0.3 is 19.5 Å². The van der Waals surface area contributed by atoms with Crippen LogP contribution in [-0.4, -0.2) is 53.2 Å². The third-order valence-electron chi connectivity index (χ3n) is 2.70. The first-order valence-corrected chi connectivity index (χ1v) is 7.62. The van der Waals surface area contributed by atoms with Gasteiger partial charge in [0.2, 0.25) is 0 Å². The molecule has 0 saturated heterocycles. The Morgan fingerprint density at radius 2 is 1.47 bits per heavy atom. The summed E-state index contributed by atoms with van der Waals surface area (Å²) in [4.78, 5) is 0. The Morgan fingerprint density at radius 3 is 2.16 bits per heavy atom. The molecule has 0 heterocycles. The van der Waals surface area contributed by atoms with Gasteiger partial charge in [0.05, 0.1) is 13.2 Å². The summed E-state index contributed by atoms with van der Waals surface area (Å²) >= 11 is 0. The fourth-order valence-corrected chi connectivity index (χ4v) is 1.63. The summed E-state index contributed by atoms with van der Waals surface area (Å²) in [6, 6.07) is 0. The predicted molar refractivity (Wildman–Crippen MR) is 79.7 cm³/mol. The zero-order chi connectivity index (χ0) is 14.2. The largest absolute Gasteiger partial charge is 0.382 e. The zero-order valence-electron chi connectivity index (χ0n) is 13.1. The van der Waals surface area contributed by atoms with E-state index < -0.39 is 0 Å². The molecule has 0 aliphatic carbocycles. The van der Waals surface area contributed by atoms with Crippen LogP contribution in [0.25, 0.3) is 0 Å². The van der Waals surface area contributed by atoms with Crippen LogP contribution in [0.5, 0.6) is 0 Å². The number of rotatable bonds is 15. The van der Waals surface area contributed by atoms with E-state index in [9.17, 15) is 0 Å². The predicted octanol–water partition coefficient (Wildman–Crippen LogP) is 2.47. The molecule has 0 saturated carbocycles. The van der Waals surface area contributed by atoms with E-state index in [0.29, 0.717) is 13.2 Å². The number of hydrogen-bond acceptors (Lipinski definition) is 4. The first kappa shape index (κ1) is 18.8. The molecule has 116 valence electrons. The smallest absolute Gasteiger partial charge is 0.0700 e. The normalized spacial score (nSPS) is 11.4. The molecule has 1 N–H and O–H groups in total. The fourth-order valence-electron chi connectivity index (χ4n) is 1.63. The van der Waals surface area contributed by atoms with Crippen LogP contribution in [-0.2, 0) is 14.2 Å². The Bertz CT molecular complexity index is 165. The molecule has 0 aromatic heterocycles. The van der Waals surface area contributed by atoms with Crippen LogP contribution in [0, 0.1) is 5.92 Å². The zero-order valence-corrected chi connectivity index (χ0v) is 13.1. The monoisotopic (exact) mass is 275 g/mol. The summed E-state index contributed by atoms with van der Waals surface area (Å²) in [5.74, 6) is 0.745. The van der Waals surface area contributed by atoms with Gasteiger partial charge in [0.1, 0.15) is 0 Å². The van der Waals surface area contributed by atoms with Crippen molar-refractivity contribution in [2.24, 2.45) is 5.92 Å². The minimum absolute atomic E-state index is 0.672. The lowest BCUT2D eigenvalue weighted by atomic mass is 10.2. The topological polar surface area (TPSA) is 39.7 Å². The second-order valence-corrected chi connectivity index (χ2v) is 5.23. The number of hydrogen-bond donors (Lipinski definition) is 1. The molecule has 0 radical (unpaired) electrons. The standard InChI is InChI=1S/C15H33NO3/c1-15(2)14-16-8-5-4-6-9-18-10-7-11-19-13-12-17-3/h15-16H,4-14H2,1-3H3. The van der Waals surface area contributed by atoms with Gasteiger partial charge in [0, 0.05) is 26.9 Å². The van der Waals surface area contributed by atoms with Crippen LogP contribution in [0.2, 0.25) is 0 Å². The average Bonchev–Trinajstić information content (AvgIpc) is 2.39. The summed E-state index contributed by atoms with van der Waals surface area (Å²) < 4.78 is 15.8. The maximum absolute atomic E-state index is 5.55. The molecule has 4 nitrogen and oxygen atoms in total. The maximum atomic E-state index is 5.55. The minimum atomic E-state index is 0.672. The van der Waals surface area contributed by atoms with Crippen molar-refractivity contribution in [1.82, 2.24) is 5.32 Å². The van der Waals surface area contributed by atoms with Gasteiger partial charge in [-0.15, -0.1) is 0 Å². The lowest BCUT2D eigenvalue weighted by molar-refractivity contribution is 0.0508. The van der Waals surface area contributed by atoms with Crippen molar-refractivity contribution in [3.63, 3.8) is 0 Å². The Morgan fingerprint density at radius 1 is 0.789 bits per heavy atom. The molecule has 0 spiro atoms. The number of ether oxygens (including phenoxy) is 3. The van der Waals surface area contributed by atoms with Crippen molar-refractivity contribution in [3.05, 3.63) is 0 Å². The lowest BCUT2D eigenvalue weighted by Gasteiger charge is -2.07. The molecule has 0 unspecified atom stereocenters. The Balaban J connectivity index is 2.91. The van der Waals surface area contributed by atoms with Gasteiger partial charge in [-0.1, -0.05) is 13.8 Å². The van der Waals surface area contributed by atoms with Crippen LogP contribution < -0.4 is 5.32 Å². The summed E-state index contributed by atoms with van der Waals surface area (Å²) in [6.07, 6.45) is 4.62. The molecule has 0 aliphatic heterocycles. The molecule has 0 bridgehead atoms. The van der Waals surface area contributed by atoms with Crippen LogP contribution >= 0.6 is 0 Å². The lowest BCUT2D eigenvalue weighted by Crippen LogP contribution is -2.20. The van der Waals surface area contributed by atoms with E-state index >= 15 is 0 Å². The summed E-state index contributed by atoms with van der Waals surface area (Å²) in [5, 5.41) is 3.45.